The molecule has 0 aromatic heterocycles. The van der Waals surface area contributed by atoms with Crippen molar-refractivity contribution in [3.63, 3.8) is 0 Å². The van der Waals surface area contributed by atoms with Gasteiger partial charge in [-0.25, -0.2) is 0 Å². The van der Waals surface area contributed by atoms with Crippen LogP contribution in [0.15, 0.2) is 24.3 Å². The molecule has 1 aliphatic carbocycles. The molecule has 0 radical (unpaired) electrons. The first kappa shape index (κ1) is 16.0. The van der Waals surface area contributed by atoms with Gasteiger partial charge in [0.05, 0.1) is 6.54 Å². The molecule has 1 fully saturated rings. The average Bonchev–Trinajstić information content (AvgIpc) is 3.21. The van der Waals surface area contributed by atoms with Gasteiger partial charge in [-0.05, 0) is 51.2 Å². The molecule has 0 saturated heterocycles. The summed E-state index contributed by atoms with van der Waals surface area (Å²) in [7, 11) is 0. The number of benzene rings is 1. The van der Waals surface area contributed by atoms with Gasteiger partial charge in [0.1, 0.15) is 5.60 Å². The van der Waals surface area contributed by atoms with Crippen molar-refractivity contribution in [2.24, 2.45) is 0 Å². The van der Waals surface area contributed by atoms with Gasteiger partial charge in [0.15, 0.2) is 0 Å². The molecule has 0 atom stereocenters. The number of esters is 1. The molecule has 1 aromatic carbocycles. The summed E-state index contributed by atoms with van der Waals surface area (Å²) in [6, 6.07) is 9.23. The second-order valence-electron chi connectivity index (χ2n) is 6.89. The van der Waals surface area contributed by atoms with Crippen LogP contribution in [-0.4, -0.2) is 29.1 Å². The smallest absolute Gasteiger partial charge is 0.320 e. The number of hydrogen-bond acceptors (Lipinski definition) is 3. The van der Waals surface area contributed by atoms with Gasteiger partial charge in [0, 0.05) is 12.6 Å². The van der Waals surface area contributed by atoms with Crippen molar-refractivity contribution < 1.29 is 9.53 Å². The third-order valence-electron chi connectivity index (χ3n) is 3.63. The Hall–Kier alpha value is -1.35. The molecule has 0 amide bonds. The van der Waals surface area contributed by atoms with Crippen molar-refractivity contribution >= 4 is 5.97 Å². The van der Waals surface area contributed by atoms with E-state index in [1.54, 1.807) is 0 Å². The monoisotopic (exact) mass is 289 g/mol. The number of carbonyl (C=O) groups is 1. The Morgan fingerprint density at radius 2 is 1.76 bits per heavy atom. The molecule has 2 rings (SSSR count). The zero-order valence-electron chi connectivity index (χ0n) is 13.7. The highest BCUT2D eigenvalue weighted by molar-refractivity contribution is 5.72. The van der Waals surface area contributed by atoms with Crippen molar-refractivity contribution in [2.45, 2.75) is 65.1 Å². The van der Waals surface area contributed by atoms with E-state index in [-0.39, 0.29) is 5.97 Å². The summed E-state index contributed by atoms with van der Waals surface area (Å²) in [6.07, 6.45) is 3.44. The lowest BCUT2D eigenvalue weighted by Crippen LogP contribution is -2.35. The minimum atomic E-state index is -0.408. The number of aryl methyl sites for hydroxylation is 1. The third kappa shape index (κ3) is 5.50. The first-order chi connectivity index (χ1) is 9.87. The van der Waals surface area contributed by atoms with Crippen LogP contribution in [-0.2, 0) is 22.5 Å². The number of nitrogens with zero attached hydrogens (tertiary/aromatic N) is 1. The molecular weight excluding hydrogens is 262 g/mol. The molecule has 0 N–H and O–H groups in total. The van der Waals surface area contributed by atoms with Crippen molar-refractivity contribution in [2.75, 3.05) is 6.54 Å². The van der Waals surface area contributed by atoms with Crippen LogP contribution >= 0.6 is 0 Å². The first-order valence-electron chi connectivity index (χ1n) is 7.91. The molecule has 0 spiro atoms. The fraction of sp³-hybridized carbons (Fsp3) is 0.611. The van der Waals surface area contributed by atoms with Gasteiger partial charge in [-0.15, -0.1) is 0 Å². The SMILES string of the molecule is CCc1ccc(CN(CC(=O)OC(C)(C)C)C2CC2)cc1. The van der Waals surface area contributed by atoms with Crippen LogP contribution in [0, 0.1) is 0 Å². The van der Waals surface area contributed by atoms with Gasteiger partial charge >= 0.3 is 5.97 Å². The molecule has 0 bridgehead atoms. The van der Waals surface area contributed by atoms with E-state index in [0.717, 1.165) is 13.0 Å². The predicted molar refractivity (Wildman–Crippen MR) is 85.1 cm³/mol. The highest BCUT2D eigenvalue weighted by Crippen LogP contribution is 2.28. The van der Waals surface area contributed by atoms with E-state index in [9.17, 15) is 4.79 Å². The quantitative estimate of drug-likeness (QED) is 0.750. The molecule has 0 unspecified atom stereocenters. The Morgan fingerprint density at radius 3 is 2.24 bits per heavy atom. The minimum Gasteiger partial charge on any atom is -0.459 e. The maximum absolute atomic E-state index is 12.0. The largest absolute Gasteiger partial charge is 0.459 e. The van der Waals surface area contributed by atoms with Crippen LogP contribution in [0.4, 0.5) is 0 Å². The molecule has 21 heavy (non-hydrogen) atoms. The van der Waals surface area contributed by atoms with Gasteiger partial charge < -0.3 is 4.74 Å². The van der Waals surface area contributed by atoms with Crippen molar-refractivity contribution in [3.05, 3.63) is 35.4 Å². The number of carbonyl (C=O) groups excluding carboxylic acids is 1. The second-order valence-corrected chi connectivity index (χ2v) is 6.89. The Balaban J connectivity index is 1.94. The van der Waals surface area contributed by atoms with E-state index in [4.69, 9.17) is 4.74 Å². The summed E-state index contributed by atoms with van der Waals surface area (Å²) in [5, 5.41) is 0. The number of rotatable bonds is 6. The summed E-state index contributed by atoms with van der Waals surface area (Å²) < 4.78 is 5.44. The van der Waals surface area contributed by atoms with Gasteiger partial charge in [0.25, 0.3) is 0 Å². The molecule has 3 nitrogen and oxygen atoms in total. The summed E-state index contributed by atoms with van der Waals surface area (Å²) in [4.78, 5) is 14.3. The van der Waals surface area contributed by atoms with E-state index in [1.807, 2.05) is 20.8 Å². The van der Waals surface area contributed by atoms with Gasteiger partial charge in [-0.2, -0.15) is 0 Å². The van der Waals surface area contributed by atoms with Crippen LogP contribution in [0.2, 0.25) is 0 Å². The zero-order chi connectivity index (χ0) is 15.5. The van der Waals surface area contributed by atoms with E-state index in [0.29, 0.717) is 12.6 Å². The maximum Gasteiger partial charge on any atom is 0.320 e. The molecule has 1 aromatic rings. The minimum absolute atomic E-state index is 0.125. The molecule has 1 saturated carbocycles. The zero-order valence-corrected chi connectivity index (χ0v) is 13.7. The van der Waals surface area contributed by atoms with Crippen LogP contribution in [0.1, 0.15) is 51.7 Å². The standard InChI is InChI=1S/C18H27NO2/c1-5-14-6-8-15(9-7-14)12-19(16-10-11-16)13-17(20)21-18(2,3)4/h6-9,16H,5,10-13H2,1-4H3. The van der Waals surface area contributed by atoms with Crippen LogP contribution in [0.3, 0.4) is 0 Å². The number of ether oxygens (including phenoxy) is 1. The molecule has 1 aliphatic rings. The maximum atomic E-state index is 12.0. The van der Waals surface area contributed by atoms with Crippen LogP contribution < -0.4 is 0 Å². The number of hydrogen-bond donors (Lipinski definition) is 0. The van der Waals surface area contributed by atoms with E-state index in [2.05, 4.69) is 36.1 Å². The lowest BCUT2D eigenvalue weighted by atomic mass is 10.1. The Bertz CT molecular complexity index is 469. The summed E-state index contributed by atoms with van der Waals surface area (Å²) in [6.45, 7) is 9.11. The van der Waals surface area contributed by atoms with Crippen molar-refractivity contribution in [3.8, 4) is 0 Å². The van der Waals surface area contributed by atoms with E-state index in [1.165, 1.54) is 24.0 Å². The second kappa shape index (κ2) is 6.61. The van der Waals surface area contributed by atoms with Crippen molar-refractivity contribution in [1.82, 2.24) is 4.90 Å². The van der Waals surface area contributed by atoms with Crippen molar-refractivity contribution in [1.29, 1.82) is 0 Å². The third-order valence-corrected chi connectivity index (χ3v) is 3.63. The molecular formula is C18H27NO2. The lowest BCUT2D eigenvalue weighted by molar-refractivity contribution is -0.156. The van der Waals surface area contributed by atoms with E-state index >= 15 is 0 Å². The Morgan fingerprint density at radius 1 is 1.19 bits per heavy atom. The summed E-state index contributed by atoms with van der Waals surface area (Å²) in [5.41, 5.74) is 2.21. The van der Waals surface area contributed by atoms with Crippen LogP contribution in [0.25, 0.3) is 0 Å². The summed E-state index contributed by atoms with van der Waals surface area (Å²) >= 11 is 0. The fourth-order valence-electron chi connectivity index (χ4n) is 2.41. The topological polar surface area (TPSA) is 29.5 Å². The van der Waals surface area contributed by atoms with E-state index < -0.39 is 5.60 Å². The normalized spacial score (nSPS) is 15.3. The molecule has 0 aliphatic heterocycles. The molecule has 3 heteroatoms. The van der Waals surface area contributed by atoms with Gasteiger partial charge in [0.2, 0.25) is 0 Å². The van der Waals surface area contributed by atoms with Gasteiger partial charge in [-0.3, -0.25) is 9.69 Å². The predicted octanol–water partition coefficient (Wildman–Crippen LogP) is 3.56. The van der Waals surface area contributed by atoms with Crippen LogP contribution in [0.5, 0.6) is 0 Å². The highest BCUT2D eigenvalue weighted by atomic mass is 16.6. The molecule has 0 heterocycles. The molecule has 116 valence electrons. The fourth-order valence-corrected chi connectivity index (χ4v) is 2.41. The van der Waals surface area contributed by atoms with Gasteiger partial charge in [-0.1, -0.05) is 31.2 Å². The lowest BCUT2D eigenvalue weighted by Gasteiger charge is -2.25. The Kier molecular flexibility index (Phi) is 5.04. The average molecular weight is 289 g/mol. The Labute approximate surface area is 128 Å². The highest BCUT2D eigenvalue weighted by Gasteiger charge is 2.31. The summed E-state index contributed by atoms with van der Waals surface area (Å²) in [5.74, 6) is -0.125. The first-order valence-corrected chi connectivity index (χ1v) is 7.91.